The molecule has 9 heteroatoms. The smallest absolute Gasteiger partial charge is 0.253 e. The van der Waals surface area contributed by atoms with Crippen LogP contribution < -0.4 is 10.1 Å². The lowest BCUT2D eigenvalue weighted by Crippen LogP contribution is -2.35. The number of amides is 2. The van der Waals surface area contributed by atoms with E-state index in [1.807, 2.05) is 0 Å². The van der Waals surface area contributed by atoms with Gasteiger partial charge in [0.25, 0.3) is 5.91 Å². The van der Waals surface area contributed by atoms with Crippen LogP contribution >= 0.6 is 0 Å². The van der Waals surface area contributed by atoms with E-state index < -0.39 is 10.0 Å². The quantitative estimate of drug-likeness (QED) is 0.635. The number of benzene rings is 2. The first-order valence-electron chi connectivity index (χ1n) is 11.0. The molecule has 0 atom stereocenters. The molecule has 0 spiro atoms. The molecule has 3 rings (SSSR count). The normalized spacial score (nSPS) is 14.5. The van der Waals surface area contributed by atoms with Crippen LogP contribution in [0, 0.1) is 0 Å². The van der Waals surface area contributed by atoms with Crippen LogP contribution in [0.1, 0.15) is 41.6 Å². The van der Waals surface area contributed by atoms with Gasteiger partial charge in [0, 0.05) is 44.9 Å². The second-order valence-corrected chi connectivity index (χ2v) is 10.2. The Kier molecular flexibility index (Phi) is 8.10. The van der Waals surface area contributed by atoms with Gasteiger partial charge in [-0.1, -0.05) is 6.42 Å². The lowest BCUT2D eigenvalue weighted by molar-refractivity contribution is -0.116. The molecule has 1 saturated heterocycles. The maximum absolute atomic E-state index is 13.0. The van der Waals surface area contributed by atoms with E-state index in [2.05, 4.69) is 5.32 Å². The van der Waals surface area contributed by atoms with Gasteiger partial charge in [-0.3, -0.25) is 9.59 Å². The van der Waals surface area contributed by atoms with Gasteiger partial charge in [-0.15, -0.1) is 0 Å². The monoisotopic (exact) mass is 473 g/mol. The van der Waals surface area contributed by atoms with Gasteiger partial charge in [-0.2, -0.15) is 4.31 Å². The van der Waals surface area contributed by atoms with Crippen molar-refractivity contribution >= 4 is 27.5 Å². The van der Waals surface area contributed by atoms with Gasteiger partial charge >= 0.3 is 0 Å². The van der Waals surface area contributed by atoms with Crippen molar-refractivity contribution in [2.45, 2.75) is 37.0 Å². The van der Waals surface area contributed by atoms with Crippen LogP contribution in [-0.4, -0.2) is 63.7 Å². The van der Waals surface area contributed by atoms with E-state index in [4.69, 9.17) is 4.74 Å². The van der Waals surface area contributed by atoms with Crippen LogP contribution in [0.2, 0.25) is 0 Å². The van der Waals surface area contributed by atoms with Crippen molar-refractivity contribution in [3.05, 3.63) is 53.6 Å². The Morgan fingerprint density at radius 1 is 1.03 bits per heavy atom. The minimum absolute atomic E-state index is 0.112. The molecule has 1 fully saturated rings. The van der Waals surface area contributed by atoms with Crippen molar-refractivity contribution in [1.29, 1.82) is 0 Å². The summed E-state index contributed by atoms with van der Waals surface area (Å²) in [7, 11) is 1.31. The summed E-state index contributed by atoms with van der Waals surface area (Å²) < 4.78 is 32.9. The maximum atomic E-state index is 13.0. The molecule has 0 unspecified atom stereocenters. The lowest BCUT2D eigenvalue weighted by Gasteiger charge is -2.26. The van der Waals surface area contributed by atoms with Crippen molar-refractivity contribution in [2.75, 3.05) is 39.6 Å². The molecule has 0 aromatic heterocycles. The van der Waals surface area contributed by atoms with E-state index >= 15 is 0 Å². The lowest BCUT2D eigenvalue weighted by atomic mass is 10.1. The molecule has 2 amide bonds. The van der Waals surface area contributed by atoms with E-state index in [9.17, 15) is 18.0 Å². The number of carbonyl (C=O) groups is 2. The van der Waals surface area contributed by atoms with Gasteiger partial charge in [0.2, 0.25) is 15.9 Å². The second kappa shape index (κ2) is 10.8. The highest BCUT2D eigenvalue weighted by Crippen LogP contribution is 2.27. The van der Waals surface area contributed by atoms with E-state index in [-0.39, 0.29) is 23.1 Å². The molecule has 2 aromatic carbocycles. The molecule has 178 valence electrons. The molecule has 1 N–H and O–H groups in total. The average molecular weight is 474 g/mol. The number of anilines is 1. The van der Waals surface area contributed by atoms with Crippen LogP contribution in [0.5, 0.6) is 5.75 Å². The first kappa shape index (κ1) is 24.7. The van der Waals surface area contributed by atoms with Crippen LogP contribution in [0.3, 0.4) is 0 Å². The Balaban J connectivity index is 1.67. The van der Waals surface area contributed by atoms with Gasteiger partial charge in [0.1, 0.15) is 5.75 Å². The Morgan fingerprint density at radius 2 is 1.70 bits per heavy atom. The fourth-order valence-corrected chi connectivity index (χ4v) is 5.36. The highest BCUT2D eigenvalue weighted by molar-refractivity contribution is 7.89. The fraction of sp³-hybridized carbons (Fsp3) is 0.417. The summed E-state index contributed by atoms with van der Waals surface area (Å²) >= 11 is 0. The number of nitrogens with zero attached hydrogens (tertiary/aromatic N) is 2. The van der Waals surface area contributed by atoms with Crippen molar-refractivity contribution < 1.29 is 22.7 Å². The second-order valence-electron chi connectivity index (χ2n) is 8.26. The molecule has 33 heavy (non-hydrogen) atoms. The van der Waals surface area contributed by atoms with Crippen molar-refractivity contribution in [3.8, 4) is 5.75 Å². The molecule has 0 saturated carbocycles. The minimum atomic E-state index is -3.57. The van der Waals surface area contributed by atoms with E-state index in [0.29, 0.717) is 42.1 Å². The van der Waals surface area contributed by atoms with Gasteiger partial charge in [0.15, 0.2) is 0 Å². The topological polar surface area (TPSA) is 96.0 Å². The third-order valence-corrected chi connectivity index (χ3v) is 7.54. The molecule has 1 aliphatic rings. The summed E-state index contributed by atoms with van der Waals surface area (Å²) in [6.45, 7) is 1.07. The Labute approximate surface area is 195 Å². The van der Waals surface area contributed by atoms with Gasteiger partial charge in [0.05, 0.1) is 12.0 Å². The van der Waals surface area contributed by atoms with Crippen LogP contribution in [0.4, 0.5) is 5.69 Å². The largest absolute Gasteiger partial charge is 0.496 e. The molecule has 0 aliphatic carbocycles. The number of rotatable bonds is 8. The predicted octanol–water partition coefficient (Wildman–Crippen LogP) is 3.14. The first-order chi connectivity index (χ1) is 15.7. The first-order valence-corrected chi connectivity index (χ1v) is 12.4. The molecule has 0 bridgehead atoms. The number of ether oxygens (including phenoxy) is 1. The summed E-state index contributed by atoms with van der Waals surface area (Å²) in [5.74, 6) is 0.222. The third-order valence-electron chi connectivity index (χ3n) is 5.65. The molecule has 2 aromatic rings. The van der Waals surface area contributed by atoms with Gasteiger partial charge < -0.3 is 15.0 Å². The summed E-state index contributed by atoms with van der Waals surface area (Å²) in [4.78, 5) is 26.2. The summed E-state index contributed by atoms with van der Waals surface area (Å²) in [5, 5.41) is 2.81. The zero-order chi connectivity index (χ0) is 24.0. The number of hydrogen-bond acceptors (Lipinski definition) is 5. The van der Waals surface area contributed by atoms with Crippen LogP contribution in [0.15, 0.2) is 47.4 Å². The zero-order valence-electron chi connectivity index (χ0n) is 19.3. The summed E-state index contributed by atoms with van der Waals surface area (Å²) in [6, 6.07) is 11.5. The van der Waals surface area contributed by atoms with Crippen molar-refractivity contribution in [1.82, 2.24) is 9.21 Å². The highest BCUT2D eigenvalue weighted by atomic mass is 32.2. The van der Waals surface area contributed by atoms with Crippen LogP contribution in [0.25, 0.3) is 0 Å². The Morgan fingerprint density at radius 3 is 2.30 bits per heavy atom. The number of nitrogens with one attached hydrogen (secondary N) is 1. The summed E-state index contributed by atoms with van der Waals surface area (Å²) in [5.41, 5.74) is 1.79. The number of piperidine rings is 1. The maximum Gasteiger partial charge on any atom is 0.253 e. The molecule has 8 nitrogen and oxygen atoms in total. The molecular formula is C24H31N3O5S. The van der Waals surface area contributed by atoms with E-state index in [1.165, 1.54) is 16.3 Å². The number of sulfonamides is 1. The minimum Gasteiger partial charge on any atom is -0.496 e. The Hall–Kier alpha value is -2.91. The van der Waals surface area contributed by atoms with Crippen LogP contribution in [-0.2, 0) is 21.2 Å². The average Bonchev–Trinajstić information content (AvgIpc) is 2.83. The summed E-state index contributed by atoms with van der Waals surface area (Å²) in [6.07, 6.45) is 3.26. The Bertz CT molecular complexity index is 1090. The predicted molar refractivity (Wildman–Crippen MR) is 127 cm³/mol. The number of aryl methyl sites for hydroxylation is 1. The number of methoxy groups -OCH3 is 1. The SMILES string of the molecule is COc1ccc(S(=O)(=O)N2CCCCC2)cc1CCC(=O)Nc1ccc(C(=O)N(C)C)cc1. The van der Waals surface area contributed by atoms with E-state index in [0.717, 1.165) is 19.3 Å². The standard InChI is InChI=1S/C24H31N3O5S/c1-26(2)24(29)18-7-10-20(11-8-18)25-23(28)14-9-19-17-21(12-13-22(19)32-3)33(30,31)27-15-5-4-6-16-27/h7-8,10-13,17H,4-6,9,14-16H2,1-3H3,(H,25,28). The number of hydrogen-bond donors (Lipinski definition) is 1. The fourth-order valence-electron chi connectivity index (χ4n) is 3.79. The van der Waals surface area contributed by atoms with Gasteiger partial charge in [-0.05, 0) is 67.3 Å². The molecule has 1 heterocycles. The highest BCUT2D eigenvalue weighted by Gasteiger charge is 2.26. The van der Waals surface area contributed by atoms with Crippen molar-refractivity contribution in [2.24, 2.45) is 0 Å². The molecule has 1 aliphatic heterocycles. The van der Waals surface area contributed by atoms with Gasteiger partial charge in [-0.25, -0.2) is 8.42 Å². The third kappa shape index (κ3) is 6.11. The zero-order valence-corrected chi connectivity index (χ0v) is 20.2. The number of carbonyl (C=O) groups excluding carboxylic acids is 2. The molecule has 0 radical (unpaired) electrons. The molecular weight excluding hydrogens is 442 g/mol. The van der Waals surface area contributed by atoms with E-state index in [1.54, 1.807) is 56.6 Å². The van der Waals surface area contributed by atoms with Crippen molar-refractivity contribution in [3.63, 3.8) is 0 Å².